The number of rotatable bonds is 6. The van der Waals surface area contributed by atoms with Gasteiger partial charge in [0.15, 0.2) is 5.69 Å². The predicted octanol–water partition coefficient (Wildman–Crippen LogP) is 2.40. The van der Waals surface area contributed by atoms with Gasteiger partial charge in [0, 0.05) is 36.7 Å². The van der Waals surface area contributed by atoms with Crippen molar-refractivity contribution in [1.29, 1.82) is 0 Å². The molecule has 3 rings (SSSR count). The van der Waals surface area contributed by atoms with Crippen molar-refractivity contribution in [2.45, 2.75) is 69.5 Å². The molecule has 1 aliphatic heterocycles. The number of nitrogens with one attached hydrogen (secondary N) is 1. The molecule has 0 radical (unpaired) electrons. The van der Waals surface area contributed by atoms with Crippen LogP contribution < -0.4 is 11.1 Å². The number of benzene rings is 1. The summed E-state index contributed by atoms with van der Waals surface area (Å²) < 4.78 is 32.8. The Bertz CT molecular complexity index is 993. The molecule has 1 aromatic carbocycles. The van der Waals surface area contributed by atoms with Gasteiger partial charge in [-0.15, -0.1) is 0 Å². The average molecular weight is 435 g/mol. The zero-order chi connectivity index (χ0) is 22.1. The van der Waals surface area contributed by atoms with Crippen LogP contribution in [0.5, 0.6) is 0 Å². The number of hydrogen-bond donors (Lipinski definition) is 2. The predicted molar refractivity (Wildman–Crippen MR) is 113 cm³/mol. The summed E-state index contributed by atoms with van der Waals surface area (Å²) in [6, 6.07) is 7.99. The van der Waals surface area contributed by atoms with Gasteiger partial charge in [-0.05, 0) is 51.3 Å². The molecule has 0 bridgehead atoms. The lowest BCUT2D eigenvalue weighted by Crippen LogP contribution is -2.50. The number of carbonyl (C=O) groups excluding carboxylic acids is 1. The van der Waals surface area contributed by atoms with Gasteiger partial charge < -0.3 is 15.6 Å². The third-order valence-electron chi connectivity index (χ3n) is 5.50. The van der Waals surface area contributed by atoms with E-state index >= 15 is 0 Å². The Kier molecular flexibility index (Phi) is 6.35. The van der Waals surface area contributed by atoms with Crippen LogP contribution in [0, 0.1) is 0 Å². The molecule has 30 heavy (non-hydrogen) atoms. The summed E-state index contributed by atoms with van der Waals surface area (Å²) in [5, 5.41) is 6.73. The third-order valence-corrected chi connectivity index (χ3v) is 7.52. The number of aryl methyl sites for hydroxylation is 1. The lowest BCUT2D eigenvalue weighted by atomic mass is 9.96. The second-order valence-electron chi connectivity index (χ2n) is 8.44. The van der Waals surface area contributed by atoms with Gasteiger partial charge in [0.25, 0.3) is 5.91 Å². The van der Waals surface area contributed by atoms with Crippen molar-refractivity contribution in [3.05, 3.63) is 47.3 Å². The molecule has 1 aliphatic rings. The Morgan fingerprint density at radius 1 is 1.33 bits per heavy atom. The number of carbonyl (C=O) groups is 1. The van der Waals surface area contributed by atoms with Crippen molar-refractivity contribution < 1.29 is 17.7 Å². The van der Waals surface area contributed by atoms with Crippen LogP contribution in [-0.2, 0) is 22.0 Å². The highest BCUT2D eigenvalue weighted by Gasteiger charge is 2.35. The number of piperidine rings is 1. The van der Waals surface area contributed by atoms with Crippen LogP contribution in [0.25, 0.3) is 0 Å². The molecule has 2 atom stereocenters. The summed E-state index contributed by atoms with van der Waals surface area (Å²) in [6.07, 6.45) is 1.72. The summed E-state index contributed by atoms with van der Waals surface area (Å²) >= 11 is 0. The second kappa shape index (κ2) is 8.49. The fourth-order valence-corrected chi connectivity index (χ4v) is 5.33. The molecular formula is C21H30N4O4S. The zero-order valence-corrected chi connectivity index (χ0v) is 18.7. The van der Waals surface area contributed by atoms with E-state index in [1.165, 1.54) is 4.31 Å². The summed E-state index contributed by atoms with van der Waals surface area (Å²) in [7, 11) is -3.63. The Labute approximate surface area is 177 Å². The largest absolute Gasteiger partial charge is 0.361 e. The van der Waals surface area contributed by atoms with E-state index in [0.717, 1.165) is 5.56 Å². The lowest BCUT2D eigenvalue weighted by molar-refractivity contribution is 0.0905. The monoisotopic (exact) mass is 434 g/mol. The van der Waals surface area contributed by atoms with Crippen LogP contribution in [0.1, 0.15) is 62.3 Å². The minimum atomic E-state index is -3.63. The first-order chi connectivity index (χ1) is 14.0. The van der Waals surface area contributed by atoms with Crippen LogP contribution in [-0.4, -0.2) is 42.4 Å². The first kappa shape index (κ1) is 22.5. The number of nitrogens with two attached hydrogens (primary N) is 1. The molecule has 0 unspecified atom stereocenters. The summed E-state index contributed by atoms with van der Waals surface area (Å²) in [4.78, 5) is 12.6. The highest BCUT2D eigenvalue weighted by molar-refractivity contribution is 7.89. The first-order valence-corrected chi connectivity index (χ1v) is 11.6. The van der Waals surface area contributed by atoms with Crippen molar-refractivity contribution in [2.24, 2.45) is 5.73 Å². The van der Waals surface area contributed by atoms with Gasteiger partial charge in [0.1, 0.15) is 5.76 Å². The Morgan fingerprint density at radius 2 is 2.00 bits per heavy atom. The van der Waals surface area contributed by atoms with Crippen LogP contribution in [0.3, 0.4) is 0 Å². The van der Waals surface area contributed by atoms with Crippen LogP contribution in [0.15, 0.2) is 39.8 Å². The highest BCUT2D eigenvalue weighted by atomic mass is 32.2. The number of aromatic nitrogens is 1. The summed E-state index contributed by atoms with van der Waals surface area (Å²) in [5.74, 6) is 0.352. The van der Waals surface area contributed by atoms with Crippen molar-refractivity contribution in [2.75, 3.05) is 6.54 Å². The molecule has 8 nitrogen and oxygen atoms in total. The quantitative estimate of drug-likeness (QED) is 0.721. The number of sulfonamides is 1. The minimum Gasteiger partial charge on any atom is -0.361 e. The van der Waals surface area contributed by atoms with Gasteiger partial charge >= 0.3 is 0 Å². The second-order valence-corrected chi connectivity index (χ2v) is 10.3. The molecule has 1 amide bonds. The maximum atomic E-state index is 13.1. The van der Waals surface area contributed by atoms with Crippen LogP contribution in [0.4, 0.5) is 0 Å². The van der Waals surface area contributed by atoms with Gasteiger partial charge in [0.2, 0.25) is 10.0 Å². The van der Waals surface area contributed by atoms with Crippen molar-refractivity contribution in [3.63, 3.8) is 0 Å². The molecular weight excluding hydrogens is 404 g/mol. The summed E-state index contributed by atoms with van der Waals surface area (Å²) in [6.45, 7) is 7.86. The zero-order valence-electron chi connectivity index (χ0n) is 17.9. The molecule has 0 aliphatic carbocycles. The van der Waals surface area contributed by atoms with E-state index < -0.39 is 15.6 Å². The van der Waals surface area contributed by atoms with E-state index in [0.29, 0.717) is 31.6 Å². The van der Waals surface area contributed by atoms with Gasteiger partial charge in [-0.1, -0.05) is 24.2 Å². The topological polar surface area (TPSA) is 119 Å². The van der Waals surface area contributed by atoms with Gasteiger partial charge in [-0.3, -0.25) is 4.79 Å². The van der Waals surface area contributed by atoms with Gasteiger partial charge in [-0.25, -0.2) is 8.42 Å². The van der Waals surface area contributed by atoms with Gasteiger partial charge in [0.05, 0.1) is 4.90 Å². The van der Waals surface area contributed by atoms with E-state index in [9.17, 15) is 13.2 Å². The van der Waals surface area contributed by atoms with Crippen molar-refractivity contribution >= 4 is 15.9 Å². The fraction of sp³-hybridized carbons (Fsp3) is 0.524. The van der Waals surface area contributed by atoms with E-state index in [1.54, 1.807) is 30.3 Å². The van der Waals surface area contributed by atoms with Crippen LogP contribution in [0.2, 0.25) is 0 Å². The number of nitrogens with zero attached hydrogens (tertiary/aromatic N) is 2. The molecule has 2 aromatic rings. The third kappa shape index (κ3) is 4.74. The summed E-state index contributed by atoms with van der Waals surface area (Å²) in [5.41, 5.74) is 6.67. The normalized spacial score (nSPS) is 20.8. The molecule has 2 heterocycles. The molecule has 0 saturated carbocycles. The Hall–Kier alpha value is -2.23. The molecule has 1 aromatic heterocycles. The maximum Gasteiger partial charge on any atom is 0.273 e. The minimum absolute atomic E-state index is 0.124. The molecule has 9 heteroatoms. The van der Waals surface area contributed by atoms with Crippen LogP contribution >= 0.6 is 0 Å². The Balaban J connectivity index is 1.66. The lowest BCUT2D eigenvalue weighted by Gasteiger charge is -2.37. The number of amides is 1. The smallest absolute Gasteiger partial charge is 0.273 e. The molecule has 0 spiro atoms. The molecule has 3 N–H and O–H groups in total. The fourth-order valence-electron chi connectivity index (χ4n) is 3.68. The molecule has 1 fully saturated rings. The van der Waals surface area contributed by atoms with Crippen molar-refractivity contribution in [1.82, 2.24) is 14.8 Å². The number of hydrogen-bond acceptors (Lipinski definition) is 6. The maximum absolute atomic E-state index is 13.1. The van der Waals surface area contributed by atoms with E-state index in [1.807, 2.05) is 27.7 Å². The molecule has 164 valence electrons. The van der Waals surface area contributed by atoms with E-state index in [4.69, 9.17) is 10.3 Å². The SMILES string of the molecule is CCc1cc(C(=O)N[C@H]2CCN(S(=O)(=O)c3ccc(C(C)(C)N)cc3)[C@@H](C)C2)no1. The standard InChI is InChI=1S/C21H30N4O4S/c1-5-17-13-19(24-29-17)20(26)23-16-10-11-25(14(2)12-16)30(27,28)18-8-6-15(7-9-18)21(3,4)22/h6-9,13-14,16H,5,10-12,22H2,1-4H3,(H,23,26)/t14-,16-/m0/s1. The Morgan fingerprint density at radius 3 is 2.53 bits per heavy atom. The van der Waals surface area contributed by atoms with E-state index in [2.05, 4.69) is 10.5 Å². The van der Waals surface area contributed by atoms with Crippen molar-refractivity contribution in [3.8, 4) is 0 Å². The molecule has 1 saturated heterocycles. The van der Waals surface area contributed by atoms with E-state index in [-0.39, 0.29) is 28.6 Å². The highest BCUT2D eigenvalue weighted by Crippen LogP contribution is 2.27. The average Bonchev–Trinajstić information content (AvgIpc) is 3.17. The first-order valence-electron chi connectivity index (χ1n) is 10.2. The van der Waals surface area contributed by atoms with Gasteiger partial charge in [-0.2, -0.15) is 4.31 Å².